The van der Waals surface area contributed by atoms with Gasteiger partial charge in [0, 0.05) is 24.7 Å². The number of benzene rings is 2. The summed E-state index contributed by atoms with van der Waals surface area (Å²) in [5.74, 6) is 0.320. The number of fused-ring (bicyclic) bond motifs is 1. The lowest BCUT2D eigenvalue weighted by Gasteiger charge is -2.34. The summed E-state index contributed by atoms with van der Waals surface area (Å²) in [5, 5.41) is 9.84. The Morgan fingerprint density at radius 3 is 2.36 bits per heavy atom. The van der Waals surface area contributed by atoms with Crippen LogP contribution < -0.4 is 14.4 Å². The fourth-order valence-electron chi connectivity index (χ4n) is 3.88. The first kappa shape index (κ1) is 25.6. The Hall–Kier alpha value is -3.44. The molecule has 192 valence electrons. The largest absolute Gasteiger partial charge is 0.573 e. The van der Waals surface area contributed by atoms with Gasteiger partial charge in [-0.15, -0.1) is 13.2 Å². The number of urea groups is 1. The number of aromatic nitrogens is 2. The molecule has 0 bridgehead atoms. The zero-order valence-electron chi connectivity index (χ0n) is 19.3. The monoisotopic (exact) mass is 524 g/mol. The van der Waals surface area contributed by atoms with Gasteiger partial charge >= 0.3 is 18.4 Å². The highest BCUT2D eigenvalue weighted by Crippen LogP contribution is 2.35. The number of imidazole rings is 1. The molecule has 36 heavy (non-hydrogen) atoms. The van der Waals surface area contributed by atoms with Gasteiger partial charge in [0.05, 0.1) is 18.8 Å². The third-order valence-electron chi connectivity index (χ3n) is 5.54. The van der Waals surface area contributed by atoms with E-state index in [4.69, 9.17) is 16.3 Å². The molecule has 0 atom stereocenters. The number of halogens is 4. The van der Waals surface area contributed by atoms with Crippen molar-refractivity contribution in [1.82, 2.24) is 14.5 Å². The average molecular weight is 525 g/mol. The van der Waals surface area contributed by atoms with E-state index in [0.717, 1.165) is 23.4 Å². The first-order chi connectivity index (χ1) is 17.2. The maximum Gasteiger partial charge on any atom is 0.573 e. The number of aliphatic hydroxyl groups excluding tert-OH is 1. The summed E-state index contributed by atoms with van der Waals surface area (Å²) in [6, 6.07) is 12.2. The number of ether oxygens (including phenoxy) is 2. The van der Waals surface area contributed by atoms with E-state index in [1.807, 2.05) is 23.6 Å². The van der Waals surface area contributed by atoms with Crippen LogP contribution in [0.2, 0.25) is 5.02 Å². The van der Waals surface area contributed by atoms with Crippen LogP contribution in [0.1, 0.15) is 24.6 Å². The lowest BCUT2D eigenvalue weighted by atomic mass is 10.2. The molecular formula is C24H24ClF3N4O4. The van der Waals surface area contributed by atoms with Crippen molar-refractivity contribution in [2.45, 2.75) is 32.8 Å². The number of aliphatic hydroxyl groups is 1. The Labute approximate surface area is 210 Å². The highest BCUT2D eigenvalue weighted by Gasteiger charge is 2.35. The standard InChI is InChI=1S/C24H24ClF3N4O4/c1-2-31-21-20(15-30(23(31)34)12-3-13-33)32(14-16-4-6-17(25)7-5-16)22(29-21)35-18-8-10-19(11-9-18)36-24(26,27)28/h4-11,33H,2-3,12-15H2,1H3. The Balaban J connectivity index is 1.70. The van der Waals surface area contributed by atoms with Crippen molar-refractivity contribution in [2.24, 2.45) is 0 Å². The summed E-state index contributed by atoms with van der Waals surface area (Å²) >= 11 is 6.03. The van der Waals surface area contributed by atoms with Gasteiger partial charge in [-0.1, -0.05) is 23.7 Å². The van der Waals surface area contributed by atoms with Crippen LogP contribution in [0, 0.1) is 0 Å². The van der Waals surface area contributed by atoms with Crippen molar-refractivity contribution in [2.75, 3.05) is 24.6 Å². The SMILES string of the molecule is CCN1C(=O)N(CCCO)Cc2c1nc(Oc1ccc(OC(F)(F)F)cc1)n2Cc1ccc(Cl)cc1. The van der Waals surface area contributed by atoms with Crippen LogP contribution >= 0.6 is 11.6 Å². The molecule has 8 nitrogen and oxygen atoms in total. The fourth-order valence-corrected chi connectivity index (χ4v) is 4.01. The fraction of sp³-hybridized carbons (Fsp3) is 0.333. The zero-order valence-corrected chi connectivity index (χ0v) is 20.1. The Bertz CT molecular complexity index is 1200. The summed E-state index contributed by atoms with van der Waals surface area (Å²) in [5.41, 5.74) is 1.64. The third kappa shape index (κ3) is 5.85. The maximum absolute atomic E-state index is 13.0. The number of rotatable bonds is 9. The molecule has 2 amide bonds. The van der Waals surface area contributed by atoms with Gasteiger partial charge in [0.15, 0.2) is 5.82 Å². The van der Waals surface area contributed by atoms with E-state index in [1.54, 1.807) is 17.0 Å². The number of nitrogens with zero attached hydrogens (tertiary/aromatic N) is 4. The summed E-state index contributed by atoms with van der Waals surface area (Å²) in [6.45, 7) is 3.12. The number of amides is 2. The molecule has 0 saturated heterocycles. The van der Waals surface area contributed by atoms with E-state index < -0.39 is 6.36 Å². The number of hydrogen-bond acceptors (Lipinski definition) is 5. The van der Waals surface area contributed by atoms with Crippen LogP contribution in [-0.4, -0.2) is 51.6 Å². The van der Waals surface area contributed by atoms with E-state index in [-0.39, 0.29) is 36.7 Å². The van der Waals surface area contributed by atoms with Gasteiger partial charge in [-0.25, -0.2) is 4.79 Å². The molecule has 3 aromatic rings. The van der Waals surface area contributed by atoms with E-state index >= 15 is 0 Å². The second-order valence-corrected chi connectivity index (χ2v) is 8.46. The molecule has 0 saturated carbocycles. The van der Waals surface area contributed by atoms with Gasteiger partial charge in [0.25, 0.3) is 0 Å². The van der Waals surface area contributed by atoms with E-state index in [9.17, 15) is 23.1 Å². The molecule has 0 aliphatic carbocycles. The molecular weight excluding hydrogens is 501 g/mol. The Morgan fingerprint density at radius 2 is 1.75 bits per heavy atom. The number of carbonyl (C=O) groups excluding carboxylic acids is 1. The lowest BCUT2D eigenvalue weighted by Crippen LogP contribution is -2.48. The minimum absolute atomic E-state index is 0.0464. The van der Waals surface area contributed by atoms with Gasteiger partial charge in [0.2, 0.25) is 0 Å². The number of carbonyl (C=O) groups is 1. The first-order valence-corrected chi connectivity index (χ1v) is 11.6. The molecule has 4 rings (SSSR count). The second-order valence-electron chi connectivity index (χ2n) is 8.02. The minimum atomic E-state index is -4.80. The highest BCUT2D eigenvalue weighted by molar-refractivity contribution is 6.30. The molecule has 1 N–H and O–H groups in total. The molecule has 0 fully saturated rings. The van der Waals surface area contributed by atoms with Gasteiger partial charge in [-0.3, -0.25) is 9.47 Å². The van der Waals surface area contributed by atoms with Crippen LogP contribution in [0.15, 0.2) is 48.5 Å². The summed E-state index contributed by atoms with van der Waals surface area (Å²) in [4.78, 5) is 20.8. The second kappa shape index (κ2) is 10.7. The van der Waals surface area contributed by atoms with Crippen molar-refractivity contribution in [3.05, 3.63) is 64.8 Å². The van der Waals surface area contributed by atoms with Crippen LogP contribution in [0.25, 0.3) is 0 Å². The van der Waals surface area contributed by atoms with Crippen LogP contribution in [0.4, 0.5) is 23.8 Å². The molecule has 2 heterocycles. The third-order valence-corrected chi connectivity index (χ3v) is 5.79. The summed E-state index contributed by atoms with van der Waals surface area (Å²) in [6.07, 6.45) is -4.37. The highest BCUT2D eigenvalue weighted by atomic mass is 35.5. The Morgan fingerprint density at radius 1 is 1.08 bits per heavy atom. The smallest absolute Gasteiger partial charge is 0.425 e. The number of alkyl halides is 3. The van der Waals surface area contributed by atoms with Crippen LogP contribution in [0.5, 0.6) is 17.5 Å². The molecule has 1 aliphatic rings. The minimum Gasteiger partial charge on any atom is -0.425 e. The molecule has 1 aliphatic heterocycles. The van der Waals surface area contributed by atoms with Gasteiger partial charge in [0.1, 0.15) is 11.5 Å². The van der Waals surface area contributed by atoms with Crippen molar-refractivity contribution in [3.8, 4) is 17.5 Å². The summed E-state index contributed by atoms with van der Waals surface area (Å²) in [7, 11) is 0. The van der Waals surface area contributed by atoms with Crippen LogP contribution in [0.3, 0.4) is 0 Å². The van der Waals surface area contributed by atoms with E-state index in [2.05, 4.69) is 9.72 Å². The predicted molar refractivity (Wildman–Crippen MR) is 127 cm³/mol. The van der Waals surface area contributed by atoms with Crippen molar-refractivity contribution in [3.63, 3.8) is 0 Å². The topological polar surface area (TPSA) is 80.1 Å². The van der Waals surface area contributed by atoms with Gasteiger partial charge < -0.3 is 19.5 Å². The Kier molecular flexibility index (Phi) is 7.60. The van der Waals surface area contributed by atoms with Gasteiger partial charge in [-0.05, 0) is 55.3 Å². The normalized spacial score (nSPS) is 13.7. The first-order valence-electron chi connectivity index (χ1n) is 11.2. The molecule has 0 unspecified atom stereocenters. The van der Waals surface area contributed by atoms with E-state index in [0.29, 0.717) is 36.9 Å². The van der Waals surface area contributed by atoms with Crippen LogP contribution in [-0.2, 0) is 13.1 Å². The van der Waals surface area contributed by atoms with Crippen molar-refractivity contribution < 1.29 is 32.5 Å². The quantitative estimate of drug-likeness (QED) is 0.404. The summed E-state index contributed by atoms with van der Waals surface area (Å²) < 4.78 is 49.2. The molecule has 0 radical (unpaired) electrons. The molecule has 2 aromatic carbocycles. The predicted octanol–water partition coefficient (Wildman–Crippen LogP) is 5.42. The molecule has 1 aromatic heterocycles. The molecule has 0 spiro atoms. The van der Waals surface area contributed by atoms with E-state index in [1.165, 1.54) is 17.0 Å². The number of hydrogen-bond donors (Lipinski definition) is 1. The zero-order chi connectivity index (χ0) is 25.9. The maximum atomic E-state index is 13.0. The van der Waals surface area contributed by atoms with Crippen molar-refractivity contribution in [1.29, 1.82) is 0 Å². The van der Waals surface area contributed by atoms with Crippen molar-refractivity contribution >= 4 is 23.4 Å². The average Bonchev–Trinajstić information content (AvgIpc) is 3.15. The van der Waals surface area contributed by atoms with Gasteiger partial charge in [-0.2, -0.15) is 4.98 Å². The number of anilines is 1. The lowest BCUT2D eigenvalue weighted by molar-refractivity contribution is -0.274. The molecule has 12 heteroatoms.